The molecule has 0 bridgehead atoms. The molecule has 0 amide bonds. The predicted molar refractivity (Wildman–Crippen MR) is 112 cm³/mol. The number of carbonyl (C=O) groups is 1. The molecule has 4 rings (SSSR count). The molecule has 1 aromatic heterocycles. The predicted octanol–water partition coefficient (Wildman–Crippen LogP) is 5.66. The minimum absolute atomic E-state index is 0.362. The molecule has 0 spiro atoms. The molecular weight excluding hydrogens is 348 g/mol. The van der Waals surface area contributed by atoms with Crippen LogP contribution in [0.25, 0.3) is 33.6 Å². The highest BCUT2D eigenvalue weighted by molar-refractivity contribution is 6.39. The zero-order valence-corrected chi connectivity index (χ0v) is 15.0. The lowest BCUT2D eigenvalue weighted by Crippen LogP contribution is -2.03. The van der Waals surface area contributed by atoms with Gasteiger partial charge in [-0.25, -0.2) is 0 Å². The zero-order chi connectivity index (χ0) is 19.3. The molecule has 0 aliphatic rings. The number of rotatable bonds is 5. The molecule has 0 saturated heterocycles. The summed E-state index contributed by atoms with van der Waals surface area (Å²) < 4.78 is 0. The topological polar surface area (TPSA) is 65.4 Å². The molecule has 0 aliphatic heterocycles. The van der Waals surface area contributed by atoms with Gasteiger partial charge in [-0.3, -0.25) is 4.79 Å². The standard InChI is InChI=1S/C24H18N2O2/c27-20(16-25-28)22-21(17-10-4-1-5-11-17)23(18-12-6-2-7-13-18)26-24(22)19-14-8-3-9-15-19/h1-16,26,28H/b25-16-. The van der Waals surface area contributed by atoms with Gasteiger partial charge in [0, 0.05) is 5.56 Å². The van der Waals surface area contributed by atoms with Gasteiger partial charge in [0.05, 0.1) is 17.0 Å². The Morgan fingerprint density at radius 1 is 0.714 bits per heavy atom. The van der Waals surface area contributed by atoms with Gasteiger partial charge in [-0.1, -0.05) is 96.2 Å². The van der Waals surface area contributed by atoms with Crippen LogP contribution < -0.4 is 0 Å². The SMILES string of the molecule is O=C(/C=N\O)c1c(-c2ccccc2)[nH]c(-c2ccccc2)c1-c1ccccc1. The number of Topliss-reactive ketones (excluding diaryl/α,β-unsaturated/α-hetero) is 1. The number of oxime groups is 1. The molecule has 3 aromatic carbocycles. The molecule has 0 aliphatic carbocycles. The van der Waals surface area contributed by atoms with Crippen molar-refractivity contribution >= 4 is 12.0 Å². The maximum absolute atomic E-state index is 12.9. The molecule has 0 atom stereocenters. The molecule has 0 radical (unpaired) electrons. The minimum atomic E-state index is -0.362. The summed E-state index contributed by atoms with van der Waals surface area (Å²) in [5.74, 6) is -0.362. The number of nitrogens with zero attached hydrogens (tertiary/aromatic N) is 1. The molecule has 136 valence electrons. The maximum Gasteiger partial charge on any atom is 0.210 e. The summed E-state index contributed by atoms with van der Waals surface area (Å²) in [6, 6.07) is 29.3. The van der Waals surface area contributed by atoms with Gasteiger partial charge in [0.15, 0.2) is 0 Å². The molecule has 28 heavy (non-hydrogen) atoms. The smallest absolute Gasteiger partial charge is 0.210 e. The van der Waals surface area contributed by atoms with Crippen LogP contribution in [0.1, 0.15) is 10.4 Å². The third-order valence-electron chi connectivity index (χ3n) is 4.61. The highest BCUT2D eigenvalue weighted by atomic mass is 16.4. The third kappa shape index (κ3) is 3.23. The fraction of sp³-hybridized carbons (Fsp3) is 0. The number of nitrogens with one attached hydrogen (secondary N) is 1. The summed E-state index contributed by atoms with van der Waals surface area (Å²) in [4.78, 5) is 16.4. The van der Waals surface area contributed by atoms with E-state index in [0.29, 0.717) is 11.3 Å². The highest BCUT2D eigenvalue weighted by Crippen LogP contribution is 2.40. The van der Waals surface area contributed by atoms with Gasteiger partial charge in [0.2, 0.25) is 5.78 Å². The van der Waals surface area contributed by atoms with Gasteiger partial charge in [-0.15, -0.1) is 0 Å². The van der Waals surface area contributed by atoms with Crippen LogP contribution in [-0.2, 0) is 0 Å². The second kappa shape index (κ2) is 7.76. The summed E-state index contributed by atoms with van der Waals surface area (Å²) >= 11 is 0. The summed E-state index contributed by atoms with van der Waals surface area (Å²) in [6.45, 7) is 0. The van der Waals surface area contributed by atoms with Gasteiger partial charge in [0.1, 0.15) is 6.21 Å². The van der Waals surface area contributed by atoms with E-state index in [0.717, 1.165) is 34.2 Å². The summed E-state index contributed by atoms with van der Waals surface area (Å²) in [5.41, 5.74) is 5.58. The Morgan fingerprint density at radius 3 is 1.68 bits per heavy atom. The Balaban J connectivity index is 2.08. The zero-order valence-electron chi connectivity index (χ0n) is 15.0. The number of H-pyrrole nitrogens is 1. The number of aromatic amines is 1. The van der Waals surface area contributed by atoms with Crippen LogP contribution >= 0.6 is 0 Å². The van der Waals surface area contributed by atoms with Crippen molar-refractivity contribution in [2.45, 2.75) is 0 Å². The number of ketones is 1. The van der Waals surface area contributed by atoms with Gasteiger partial charge in [0.25, 0.3) is 0 Å². The molecule has 4 heteroatoms. The lowest BCUT2D eigenvalue weighted by Gasteiger charge is -2.07. The van der Waals surface area contributed by atoms with Gasteiger partial charge < -0.3 is 10.2 Å². The summed E-state index contributed by atoms with van der Waals surface area (Å²) in [5, 5.41) is 12.0. The van der Waals surface area contributed by atoms with E-state index in [1.165, 1.54) is 0 Å². The summed E-state index contributed by atoms with van der Waals surface area (Å²) in [7, 11) is 0. The van der Waals surface area contributed by atoms with E-state index in [2.05, 4.69) is 10.1 Å². The molecule has 1 heterocycles. The number of hydrogen-bond acceptors (Lipinski definition) is 3. The molecule has 0 fully saturated rings. The van der Waals surface area contributed by atoms with E-state index in [9.17, 15) is 4.79 Å². The normalized spacial score (nSPS) is 11.0. The number of benzene rings is 3. The van der Waals surface area contributed by atoms with Crippen molar-refractivity contribution in [1.29, 1.82) is 0 Å². The lowest BCUT2D eigenvalue weighted by atomic mass is 9.93. The first-order valence-corrected chi connectivity index (χ1v) is 8.93. The van der Waals surface area contributed by atoms with E-state index < -0.39 is 0 Å². The van der Waals surface area contributed by atoms with Crippen LogP contribution in [0, 0.1) is 0 Å². The van der Waals surface area contributed by atoms with E-state index in [1.807, 2.05) is 91.0 Å². The minimum Gasteiger partial charge on any atom is -0.411 e. The molecular formula is C24H18N2O2. The third-order valence-corrected chi connectivity index (χ3v) is 4.61. The Kier molecular flexibility index (Phi) is 4.85. The highest BCUT2D eigenvalue weighted by Gasteiger charge is 2.25. The van der Waals surface area contributed by atoms with E-state index in [-0.39, 0.29) is 5.78 Å². The van der Waals surface area contributed by atoms with Crippen molar-refractivity contribution in [1.82, 2.24) is 4.98 Å². The molecule has 4 nitrogen and oxygen atoms in total. The largest absolute Gasteiger partial charge is 0.411 e. The van der Waals surface area contributed by atoms with Crippen LogP contribution in [-0.4, -0.2) is 22.2 Å². The van der Waals surface area contributed by atoms with Crippen LogP contribution in [0.3, 0.4) is 0 Å². The van der Waals surface area contributed by atoms with E-state index in [1.54, 1.807) is 0 Å². The average molecular weight is 366 g/mol. The van der Waals surface area contributed by atoms with Crippen molar-refractivity contribution in [3.8, 4) is 33.6 Å². The van der Waals surface area contributed by atoms with Crippen molar-refractivity contribution in [3.05, 3.63) is 96.6 Å². The van der Waals surface area contributed by atoms with Crippen molar-refractivity contribution in [3.63, 3.8) is 0 Å². The first kappa shape index (κ1) is 17.5. The first-order chi connectivity index (χ1) is 13.8. The Labute approximate surface area is 162 Å². The van der Waals surface area contributed by atoms with Crippen molar-refractivity contribution < 1.29 is 10.0 Å². The number of aromatic nitrogens is 1. The Bertz CT molecular complexity index is 1120. The second-order valence-corrected chi connectivity index (χ2v) is 6.33. The quantitative estimate of drug-likeness (QED) is 0.207. The molecule has 0 saturated carbocycles. The molecule has 0 unspecified atom stereocenters. The van der Waals surface area contributed by atoms with Crippen LogP contribution in [0.5, 0.6) is 0 Å². The van der Waals surface area contributed by atoms with Gasteiger partial charge >= 0.3 is 0 Å². The van der Waals surface area contributed by atoms with Crippen LogP contribution in [0.15, 0.2) is 96.2 Å². The monoisotopic (exact) mass is 366 g/mol. The average Bonchev–Trinajstić information content (AvgIpc) is 3.17. The molecule has 2 N–H and O–H groups in total. The maximum atomic E-state index is 12.9. The van der Waals surface area contributed by atoms with Crippen LogP contribution in [0.2, 0.25) is 0 Å². The van der Waals surface area contributed by atoms with E-state index in [4.69, 9.17) is 5.21 Å². The lowest BCUT2D eigenvalue weighted by molar-refractivity contribution is 0.106. The Hall–Kier alpha value is -3.92. The fourth-order valence-electron chi connectivity index (χ4n) is 3.40. The number of hydrogen-bond donors (Lipinski definition) is 2. The van der Waals surface area contributed by atoms with Crippen LogP contribution in [0.4, 0.5) is 0 Å². The summed E-state index contributed by atoms with van der Waals surface area (Å²) in [6.07, 6.45) is 0.941. The fourth-order valence-corrected chi connectivity index (χ4v) is 3.40. The van der Waals surface area contributed by atoms with Crippen molar-refractivity contribution in [2.24, 2.45) is 5.16 Å². The Morgan fingerprint density at radius 2 is 1.18 bits per heavy atom. The number of carbonyl (C=O) groups excluding carboxylic acids is 1. The van der Waals surface area contributed by atoms with Crippen molar-refractivity contribution in [2.75, 3.05) is 0 Å². The van der Waals surface area contributed by atoms with Gasteiger partial charge in [-0.05, 0) is 16.7 Å². The van der Waals surface area contributed by atoms with E-state index >= 15 is 0 Å². The molecule has 4 aromatic rings. The van der Waals surface area contributed by atoms with Gasteiger partial charge in [-0.2, -0.15) is 0 Å². The second-order valence-electron chi connectivity index (χ2n) is 6.33. The first-order valence-electron chi connectivity index (χ1n) is 8.93.